The Labute approximate surface area is 200 Å². The molecule has 35 heavy (non-hydrogen) atoms. The summed E-state index contributed by atoms with van der Waals surface area (Å²) < 4.78 is 52.3. The Balaban J connectivity index is 1.59. The van der Waals surface area contributed by atoms with Gasteiger partial charge in [-0.2, -0.15) is 13.2 Å². The molecule has 4 aliphatic rings. The molecule has 2 aliphatic carbocycles. The number of fused-ring (bicyclic) bond motifs is 8. The summed E-state index contributed by atoms with van der Waals surface area (Å²) in [5, 5.41) is 24.4. The summed E-state index contributed by atoms with van der Waals surface area (Å²) in [6.07, 6.45) is -0.635. The Morgan fingerprint density at radius 3 is 2.74 bits per heavy atom. The van der Waals surface area contributed by atoms with E-state index in [9.17, 15) is 23.4 Å². The van der Waals surface area contributed by atoms with E-state index < -0.39 is 46.8 Å². The number of aromatic nitrogens is 1. The minimum absolute atomic E-state index is 0.0111. The van der Waals surface area contributed by atoms with Gasteiger partial charge in [0.25, 0.3) is 0 Å². The first-order valence-corrected chi connectivity index (χ1v) is 11.5. The minimum atomic E-state index is -4.47. The van der Waals surface area contributed by atoms with Crippen molar-refractivity contribution < 1.29 is 32.9 Å². The van der Waals surface area contributed by atoms with Gasteiger partial charge >= 0.3 is 6.18 Å². The monoisotopic (exact) mass is 486 g/mol. The Kier molecular flexibility index (Phi) is 4.64. The topological polar surface area (TPSA) is 75.0 Å². The second-order valence-electron chi connectivity index (χ2n) is 9.78. The van der Waals surface area contributed by atoms with Crippen molar-refractivity contribution in [2.75, 3.05) is 25.6 Å². The lowest BCUT2D eigenvalue weighted by molar-refractivity contribution is -0.163. The molecule has 0 amide bonds. The van der Waals surface area contributed by atoms with Gasteiger partial charge in [0.05, 0.1) is 24.4 Å². The zero-order valence-electron chi connectivity index (χ0n) is 19.2. The SMILES string of the molecule is COc1nccc2c1[C@]1(O)[C@H](O)[C@@H]3CN(C)c4cccc(c4)[C@H]3[C@]1(C1C=CC(C(F)(F)F)=CC1)O2. The third-order valence-corrected chi connectivity index (χ3v) is 8.18. The fraction of sp³-hybridized carbons (Fsp3) is 0.423. The van der Waals surface area contributed by atoms with Crippen LogP contribution in [-0.2, 0) is 5.60 Å². The van der Waals surface area contributed by atoms with Crippen LogP contribution in [0.2, 0.25) is 0 Å². The minimum Gasteiger partial charge on any atom is -0.482 e. The third kappa shape index (κ3) is 2.76. The lowest BCUT2D eigenvalue weighted by Crippen LogP contribution is -2.58. The number of hydrogen-bond donors (Lipinski definition) is 2. The van der Waals surface area contributed by atoms with Crippen molar-refractivity contribution in [3.8, 4) is 11.6 Å². The number of hydrogen-bond acceptors (Lipinski definition) is 6. The summed E-state index contributed by atoms with van der Waals surface area (Å²) in [5.41, 5.74) is -2.14. The predicted molar refractivity (Wildman–Crippen MR) is 121 cm³/mol. The van der Waals surface area contributed by atoms with Gasteiger partial charge in [0.15, 0.2) is 11.2 Å². The standard InChI is InChI=1S/C26H25F3N2O4/c1-31-13-18-20(14-4-3-5-17(31)12-14)25(15-6-8-16(9-7-15)26(27,28)29)24(33,22(18)32)21-19(35-25)10-11-30-23(21)34-2/h3-6,8-12,15,18,20,22,32-33H,7,13H2,1-2H3/t15?,18-,20-,22-,24+,25+/m1/s1. The molecule has 1 unspecified atom stereocenters. The molecule has 1 aromatic carbocycles. The van der Waals surface area contributed by atoms with Crippen LogP contribution in [0.15, 0.2) is 60.3 Å². The molecule has 6 nitrogen and oxygen atoms in total. The molecule has 9 heteroatoms. The predicted octanol–water partition coefficient (Wildman–Crippen LogP) is 3.70. The third-order valence-electron chi connectivity index (χ3n) is 8.18. The van der Waals surface area contributed by atoms with Crippen LogP contribution in [0.1, 0.15) is 23.5 Å². The van der Waals surface area contributed by atoms with Gasteiger partial charge in [0, 0.05) is 43.2 Å². The van der Waals surface area contributed by atoms with E-state index in [0.29, 0.717) is 12.3 Å². The Morgan fingerprint density at radius 2 is 2.06 bits per heavy atom. The average Bonchev–Trinajstić information content (AvgIpc) is 3.18. The number of nitrogens with zero attached hydrogens (tertiary/aromatic N) is 2. The number of aliphatic hydroxyl groups excluding tert-OH is 1. The van der Waals surface area contributed by atoms with Crippen molar-refractivity contribution in [2.24, 2.45) is 11.8 Å². The van der Waals surface area contributed by atoms with Gasteiger partial charge in [-0.15, -0.1) is 0 Å². The van der Waals surface area contributed by atoms with E-state index in [4.69, 9.17) is 9.47 Å². The maximum absolute atomic E-state index is 13.4. The summed E-state index contributed by atoms with van der Waals surface area (Å²) in [5.74, 6) is -1.21. The van der Waals surface area contributed by atoms with Crippen molar-refractivity contribution in [1.82, 2.24) is 4.98 Å². The van der Waals surface area contributed by atoms with Gasteiger partial charge in [-0.25, -0.2) is 4.98 Å². The molecule has 1 fully saturated rings. The molecule has 6 atom stereocenters. The maximum Gasteiger partial charge on any atom is 0.416 e. The number of anilines is 1. The average molecular weight is 486 g/mol. The summed E-state index contributed by atoms with van der Waals surface area (Å²) in [6.45, 7) is 0.421. The van der Waals surface area contributed by atoms with Gasteiger partial charge in [-0.05, 0) is 30.2 Å². The van der Waals surface area contributed by atoms with E-state index in [1.54, 1.807) is 6.07 Å². The number of aliphatic hydroxyl groups is 2. The van der Waals surface area contributed by atoms with E-state index in [1.807, 2.05) is 36.2 Å². The van der Waals surface area contributed by atoms with Crippen LogP contribution in [0.4, 0.5) is 18.9 Å². The fourth-order valence-electron chi connectivity index (χ4n) is 6.78. The van der Waals surface area contributed by atoms with Crippen molar-refractivity contribution in [3.05, 3.63) is 71.5 Å². The molecular formula is C26H25F3N2O4. The largest absolute Gasteiger partial charge is 0.482 e. The quantitative estimate of drug-likeness (QED) is 0.675. The number of halogens is 3. The number of rotatable bonds is 2. The molecule has 1 aromatic heterocycles. The highest BCUT2D eigenvalue weighted by molar-refractivity contribution is 5.60. The van der Waals surface area contributed by atoms with Crippen molar-refractivity contribution in [3.63, 3.8) is 0 Å². The van der Waals surface area contributed by atoms with Crippen molar-refractivity contribution in [2.45, 2.75) is 35.8 Å². The zero-order valence-corrected chi connectivity index (χ0v) is 19.2. The summed E-state index contributed by atoms with van der Waals surface area (Å²) in [6, 6.07) is 9.39. The lowest BCUT2D eigenvalue weighted by Gasteiger charge is -2.45. The Hall–Kier alpha value is -3.04. The van der Waals surface area contributed by atoms with Gasteiger partial charge in [0.1, 0.15) is 5.75 Å². The van der Waals surface area contributed by atoms with Crippen LogP contribution >= 0.6 is 0 Å². The zero-order chi connectivity index (χ0) is 24.8. The van der Waals surface area contributed by atoms with Crippen molar-refractivity contribution >= 4 is 5.69 Å². The van der Waals surface area contributed by atoms with E-state index in [1.165, 1.54) is 19.4 Å². The summed E-state index contributed by atoms with van der Waals surface area (Å²) in [7, 11) is 3.33. The second-order valence-corrected chi connectivity index (χ2v) is 9.78. The smallest absolute Gasteiger partial charge is 0.416 e. The number of ether oxygens (including phenoxy) is 2. The van der Waals surface area contributed by atoms with Crippen LogP contribution in [0.3, 0.4) is 0 Å². The number of benzene rings is 1. The van der Waals surface area contributed by atoms with Crippen LogP contribution in [0.25, 0.3) is 0 Å². The summed E-state index contributed by atoms with van der Waals surface area (Å²) in [4.78, 5) is 6.25. The molecule has 2 aliphatic heterocycles. The highest BCUT2D eigenvalue weighted by Gasteiger charge is 2.78. The van der Waals surface area contributed by atoms with Gasteiger partial charge in [0.2, 0.25) is 5.88 Å². The molecule has 0 spiro atoms. The van der Waals surface area contributed by atoms with Crippen LogP contribution in [-0.4, -0.2) is 53.8 Å². The molecule has 1 saturated carbocycles. The van der Waals surface area contributed by atoms with E-state index in [-0.39, 0.29) is 17.9 Å². The lowest BCUT2D eigenvalue weighted by atomic mass is 9.65. The van der Waals surface area contributed by atoms with Crippen LogP contribution < -0.4 is 14.4 Å². The highest BCUT2D eigenvalue weighted by Crippen LogP contribution is 2.69. The molecule has 3 heterocycles. The van der Waals surface area contributed by atoms with Crippen molar-refractivity contribution in [1.29, 1.82) is 0 Å². The summed E-state index contributed by atoms with van der Waals surface area (Å²) >= 11 is 0. The van der Waals surface area contributed by atoms with E-state index in [0.717, 1.165) is 23.4 Å². The fourth-order valence-corrected chi connectivity index (χ4v) is 6.78. The molecule has 2 aromatic rings. The Bertz CT molecular complexity index is 1260. The molecule has 6 rings (SSSR count). The molecular weight excluding hydrogens is 461 g/mol. The maximum atomic E-state index is 13.4. The first-order valence-electron chi connectivity index (χ1n) is 11.5. The number of pyridine rings is 1. The van der Waals surface area contributed by atoms with Gasteiger partial charge < -0.3 is 24.6 Å². The molecule has 0 radical (unpaired) electrons. The number of alkyl halides is 3. The normalized spacial score (nSPS) is 34.9. The molecule has 0 saturated heterocycles. The van der Waals surface area contributed by atoms with E-state index in [2.05, 4.69) is 4.98 Å². The second kappa shape index (κ2) is 7.24. The number of methoxy groups -OCH3 is 1. The van der Waals surface area contributed by atoms with Crippen LogP contribution in [0, 0.1) is 11.8 Å². The Morgan fingerprint density at radius 1 is 1.26 bits per heavy atom. The molecule has 2 bridgehead atoms. The number of allylic oxidation sites excluding steroid dienone is 3. The van der Waals surface area contributed by atoms with Crippen LogP contribution in [0.5, 0.6) is 11.6 Å². The first-order chi connectivity index (χ1) is 16.6. The van der Waals surface area contributed by atoms with Gasteiger partial charge in [-0.3, -0.25) is 0 Å². The van der Waals surface area contributed by atoms with E-state index >= 15 is 0 Å². The van der Waals surface area contributed by atoms with Gasteiger partial charge in [-0.1, -0.05) is 30.4 Å². The molecule has 184 valence electrons. The first kappa shape index (κ1) is 22.4. The molecule has 2 N–H and O–H groups in total. The highest BCUT2D eigenvalue weighted by atomic mass is 19.4.